The number of ether oxygens (including phenoxy) is 1. The highest BCUT2D eigenvalue weighted by atomic mass is 16.5. The van der Waals surface area contributed by atoms with Gasteiger partial charge in [0.05, 0.1) is 17.9 Å². The van der Waals surface area contributed by atoms with Crippen LogP contribution in [0.4, 0.5) is 4.79 Å². The third-order valence-electron chi connectivity index (χ3n) is 2.84. The Morgan fingerprint density at radius 1 is 1.38 bits per heavy atom. The summed E-state index contributed by atoms with van der Waals surface area (Å²) in [7, 11) is 0. The molecule has 0 unspecified atom stereocenters. The number of rotatable bonds is 4. The number of hydrogen-bond acceptors (Lipinski definition) is 4. The first-order valence-corrected chi connectivity index (χ1v) is 6.36. The summed E-state index contributed by atoms with van der Waals surface area (Å²) < 4.78 is 19.5. The van der Waals surface area contributed by atoms with Crippen molar-refractivity contribution >= 4 is 6.09 Å². The van der Waals surface area contributed by atoms with Gasteiger partial charge in [-0.25, -0.2) is 4.79 Å². The van der Waals surface area contributed by atoms with E-state index in [1.54, 1.807) is 6.92 Å². The van der Waals surface area contributed by atoms with Crippen molar-refractivity contribution < 1.29 is 12.3 Å². The van der Waals surface area contributed by atoms with E-state index in [0.717, 1.165) is 5.56 Å². The van der Waals surface area contributed by atoms with Crippen molar-refractivity contribution in [1.82, 2.24) is 15.3 Å². The van der Waals surface area contributed by atoms with Crippen LogP contribution in [0.1, 0.15) is 25.4 Å². The van der Waals surface area contributed by atoms with E-state index >= 15 is 0 Å². The topological polar surface area (TPSA) is 84.1 Å². The number of carbonyl (C=O) groups is 1. The van der Waals surface area contributed by atoms with Crippen molar-refractivity contribution in [3.63, 3.8) is 0 Å². The molecular formula is C15H17N3O3. The maximum absolute atomic E-state index is 11.7. The van der Waals surface area contributed by atoms with Crippen molar-refractivity contribution in [3.05, 3.63) is 63.3 Å². The number of H-pyrrole nitrogens is 1. The average molecular weight is 289 g/mol. The second kappa shape index (κ2) is 6.69. The second-order valence-corrected chi connectivity index (χ2v) is 4.43. The monoisotopic (exact) mass is 289 g/mol. The molecule has 2 aromatic rings. The first-order chi connectivity index (χ1) is 11.0. The Bertz CT molecular complexity index is 732. The van der Waals surface area contributed by atoms with Gasteiger partial charge in [-0.2, -0.15) is 0 Å². The van der Waals surface area contributed by atoms with Gasteiger partial charge in [0, 0.05) is 2.74 Å². The molecule has 110 valence electrons. The fourth-order valence-corrected chi connectivity index (χ4v) is 1.70. The Kier molecular flexibility index (Phi) is 3.87. The van der Waals surface area contributed by atoms with Crippen LogP contribution in [-0.2, 0) is 17.9 Å². The van der Waals surface area contributed by atoms with Crippen molar-refractivity contribution in [3.8, 4) is 0 Å². The number of hydrogen-bond donors (Lipinski definition) is 2. The lowest BCUT2D eigenvalue weighted by molar-refractivity contribution is 0.139. The van der Waals surface area contributed by atoms with Crippen molar-refractivity contribution in [2.45, 2.75) is 27.0 Å². The highest BCUT2D eigenvalue weighted by Crippen LogP contribution is 2.02. The molecule has 0 fully saturated rings. The average Bonchev–Trinajstić information content (AvgIpc) is 2.54. The number of alkyl carbamates (subject to hydrolysis) is 1. The summed E-state index contributed by atoms with van der Waals surface area (Å²) in [5.74, 6) is 0. The van der Waals surface area contributed by atoms with Crippen LogP contribution in [-0.4, -0.2) is 16.1 Å². The predicted molar refractivity (Wildman–Crippen MR) is 77.8 cm³/mol. The van der Waals surface area contributed by atoms with Gasteiger partial charge in [-0.05, 0) is 19.4 Å². The molecule has 6 nitrogen and oxygen atoms in total. The van der Waals surface area contributed by atoms with Gasteiger partial charge in [0.25, 0.3) is 5.56 Å². The van der Waals surface area contributed by atoms with E-state index in [1.807, 2.05) is 30.3 Å². The zero-order valence-electron chi connectivity index (χ0n) is 13.6. The molecule has 1 aromatic carbocycles. The lowest BCUT2D eigenvalue weighted by Crippen LogP contribution is -2.27. The fraction of sp³-hybridized carbons (Fsp3) is 0.267. The third kappa shape index (κ3) is 4.17. The van der Waals surface area contributed by atoms with E-state index in [9.17, 15) is 9.59 Å². The minimum absolute atomic E-state index is 0.0443. The van der Waals surface area contributed by atoms with Crippen molar-refractivity contribution in [1.29, 1.82) is 0 Å². The van der Waals surface area contributed by atoms with Gasteiger partial charge in [0.1, 0.15) is 12.3 Å². The smallest absolute Gasteiger partial charge is 0.407 e. The first-order valence-electron chi connectivity index (χ1n) is 7.51. The Hall–Kier alpha value is -2.63. The first kappa shape index (κ1) is 12.1. The summed E-state index contributed by atoms with van der Waals surface area (Å²) in [5, 5.41) is 2.52. The molecule has 0 aliphatic heterocycles. The van der Waals surface area contributed by atoms with E-state index in [-0.39, 0.29) is 18.8 Å². The molecule has 0 aliphatic carbocycles. The summed E-state index contributed by atoms with van der Waals surface area (Å²) in [6, 6.07) is 9.26. The molecule has 1 amide bonds. The van der Waals surface area contributed by atoms with Crippen molar-refractivity contribution in [2.24, 2.45) is 0 Å². The van der Waals surface area contributed by atoms with Gasteiger partial charge in [0.2, 0.25) is 0 Å². The van der Waals surface area contributed by atoms with Crippen LogP contribution in [0.2, 0.25) is 0 Å². The molecule has 0 bridgehead atoms. The van der Waals surface area contributed by atoms with Crippen LogP contribution in [0.15, 0.2) is 35.1 Å². The number of nitrogens with one attached hydrogen (secondary N) is 2. The van der Waals surface area contributed by atoms with E-state index in [2.05, 4.69) is 15.3 Å². The zero-order chi connectivity index (χ0) is 16.8. The molecule has 2 rings (SSSR count). The highest BCUT2D eigenvalue weighted by Gasteiger charge is 2.07. The molecule has 0 radical (unpaired) electrons. The Morgan fingerprint density at radius 2 is 2.14 bits per heavy atom. The quantitative estimate of drug-likeness (QED) is 0.899. The van der Waals surface area contributed by atoms with E-state index < -0.39 is 18.5 Å². The van der Waals surface area contributed by atoms with Crippen LogP contribution >= 0.6 is 0 Å². The highest BCUT2D eigenvalue weighted by molar-refractivity contribution is 5.67. The Balaban J connectivity index is 1.92. The predicted octanol–water partition coefficient (Wildman–Crippen LogP) is 1.81. The number of aromatic nitrogens is 2. The largest absolute Gasteiger partial charge is 0.445 e. The SMILES string of the molecule is [2H]C([2H])c1nc(C)c(CNC(=O)OCc2ccccc2)[nH]c1=O. The summed E-state index contributed by atoms with van der Waals surface area (Å²) in [6.45, 7) is 0.380. The molecule has 2 N–H and O–H groups in total. The van der Waals surface area contributed by atoms with Gasteiger partial charge in [0.15, 0.2) is 0 Å². The molecule has 0 saturated heterocycles. The lowest BCUT2D eigenvalue weighted by Gasteiger charge is -2.09. The molecule has 0 aliphatic rings. The fourth-order valence-electron chi connectivity index (χ4n) is 1.70. The third-order valence-corrected chi connectivity index (χ3v) is 2.84. The molecular weight excluding hydrogens is 270 g/mol. The minimum Gasteiger partial charge on any atom is -0.445 e. The lowest BCUT2D eigenvalue weighted by atomic mass is 10.2. The molecule has 0 saturated carbocycles. The number of aryl methyl sites for hydroxylation is 2. The number of amides is 1. The van der Waals surface area contributed by atoms with Gasteiger partial charge in [-0.3, -0.25) is 9.78 Å². The summed E-state index contributed by atoms with van der Waals surface area (Å²) in [6.07, 6.45) is -0.614. The summed E-state index contributed by atoms with van der Waals surface area (Å²) in [4.78, 5) is 29.8. The van der Waals surface area contributed by atoms with Gasteiger partial charge >= 0.3 is 6.09 Å². The number of carbonyl (C=O) groups excluding carboxylic acids is 1. The van der Waals surface area contributed by atoms with E-state index in [0.29, 0.717) is 11.4 Å². The molecule has 1 aromatic heterocycles. The molecule has 1 heterocycles. The van der Waals surface area contributed by atoms with Crippen LogP contribution in [0.25, 0.3) is 0 Å². The molecule has 0 atom stereocenters. The van der Waals surface area contributed by atoms with Crippen molar-refractivity contribution in [2.75, 3.05) is 0 Å². The normalized spacial score (nSPS) is 11.7. The Labute approximate surface area is 125 Å². The summed E-state index contributed by atoms with van der Waals surface area (Å²) in [5.41, 5.74) is 0.969. The summed E-state index contributed by atoms with van der Waals surface area (Å²) >= 11 is 0. The zero-order valence-corrected chi connectivity index (χ0v) is 11.6. The van der Waals surface area contributed by atoms with E-state index in [1.165, 1.54) is 0 Å². The molecule has 0 spiro atoms. The maximum Gasteiger partial charge on any atom is 0.407 e. The Morgan fingerprint density at radius 3 is 2.86 bits per heavy atom. The van der Waals surface area contributed by atoms with Gasteiger partial charge < -0.3 is 15.0 Å². The van der Waals surface area contributed by atoms with Gasteiger partial charge in [-0.1, -0.05) is 30.3 Å². The second-order valence-electron chi connectivity index (χ2n) is 4.43. The van der Waals surface area contributed by atoms with E-state index in [4.69, 9.17) is 7.48 Å². The number of nitrogens with zero attached hydrogens (tertiary/aromatic N) is 1. The van der Waals surface area contributed by atoms with Gasteiger partial charge in [-0.15, -0.1) is 0 Å². The maximum atomic E-state index is 11.7. The van der Waals surface area contributed by atoms with Crippen LogP contribution in [0, 0.1) is 13.8 Å². The molecule has 21 heavy (non-hydrogen) atoms. The standard InChI is InChI=1S/C15H17N3O3/c1-10-13(18-14(19)11(2)17-10)8-16-15(20)21-9-12-6-4-3-5-7-12/h3-7H,8-9H2,1-2H3,(H,16,20)(H,18,19)/i2D2. The van der Waals surface area contributed by atoms with Crippen LogP contribution in [0.3, 0.4) is 0 Å². The number of benzene rings is 1. The minimum atomic E-state index is -1.45. The molecule has 6 heteroatoms. The number of aromatic amines is 1. The van der Waals surface area contributed by atoms with Crippen LogP contribution < -0.4 is 10.9 Å². The van der Waals surface area contributed by atoms with Crippen LogP contribution in [0.5, 0.6) is 0 Å².